The first-order valence-corrected chi connectivity index (χ1v) is 9.65. The van der Waals surface area contributed by atoms with Crippen LogP contribution in [0.15, 0.2) is 46.9 Å². The summed E-state index contributed by atoms with van der Waals surface area (Å²) in [6.45, 7) is 8.91. The second-order valence-corrected chi connectivity index (χ2v) is 8.16. The number of hydrogen-bond donors (Lipinski definition) is 1. The van der Waals surface area contributed by atoms with E-state index in [4.69, 9.17) is 10.7 Å². The molecule has 1 aromatic heterocycles. The molecule has 3 rings (SSSR count). The van der Waals surface area contributed by atoms with Crippen molar-refractivity contribution in [2.75, 3.05) is 37.6 Å². The molecule has 7 heteroatoms. The van der Waals surface area contributed by atoms with Gasteiger partial charge in [-0.3, -0.25) is 4.99 Å². The molecule has 0 amide bonds. The monoisotopic (exact) mass is 485 g/mol. The molecular weight excluding hydrogens is 457 g/mol. The van der Waals surface area contributed by atoms with E-state index in [1.54, 1.807) is 11.3 Å². The predicted molar refractivity (Wildman–Crippen MR) is 122 cm³/mol. The molecule has 0 radical (unpaired) electrons. The van der Waals surface area contributed by atoms with Crippen molar-refractivity contribution in [1.82, 2.24) is 9.88 Å². The van der Waals surface area contributed by atoms with Crippen LogP contribution in [0.1, 0.15) is 19.4 Å². The third-order valence-electron chi connectivity index (χ3n) is 4.49. The highest BCUT2D eigenvalue weighted by atomic mass is 127. The average Bonchev–Trinajstić information content (AvgIpc) is 3.15. The van der Waals surface area contributed by atoms with Crippen LogP contribution in [0, 0.1) is 5.41 Å². The van der Waals surface area contributed by atoms with Gasteiger partial charge in [0.2, 0.25) is 0 Å². The standard InChI is InChI=1S/C19H27N5S.HI/c1-19(2,14-16-6-4-3-5-7-16)15-22-17(20)23-9-11-24(12-10-23)18-21-8-13-25-18;/h3-8,13H,9-12,14-15H2,1-2H3,(H2,20,22);1H. The molecule has 0 unspecified atom stereocenters. The van der Waals surface area contributed by atoms with Gasteiger partial charge in [0.25, 0.3) is 0 Å². The maximum atomic E-state index is 6.26. The van der Waals surface area contributed by atoms with E-state index >= 15 is 0 Å². The topological polar surface area (TPSA) is 57.8 Å². The van der Waals surface area contributed by atoms with Crippen LogP contribution >= 0.6 is 35.3 Å². The van der Waals surface area contributed by atoms with Gasteiger partial charge in [0, 0.05) is 44.3 Å². The van der Waals surface area contributed by atoms with Gasteiger partial charge < -0.3 is 15.5 Å². The van der Waals surface area contributed by atoms with E-state index in [0.29, 0.717) is 5.96 Å². The molecular formula is C19H28IN5S. The summed E-state index contributed by atoms with van der Waals surface area (Å²) in [6, 6.07) is 10.6. The van der Waals surface area contributed by atoms with Crippen molar-refractivity contribution < 1.29 is 0 Å². The van der Waals surface area contributed by atoms with Gasteiger partial charge in [0.05, 0.1) is 0 Å². The second-order valence-electron chi connectivity index (χ2n) is 7.29. The zero-order chi connectivity index (χ0) is 17.7. The Bertz CT molecular complexity index is 679. The van der Waals surface area contributed by atoms with Crippen LogP contribution in [0.2, 0.25) is 0 Å². The van der Waals surface area contributed by atoms with Gasteiger partial charge >= 0.3 is 0 Å². The number of nitrogens with zero attached hydrogens (tertiary/aromatic N) is 4. The zero-order valence-corrected chi connectivity index (χ0v) is 18.6. The Hall–Kier alpha value is -1.35. The second kappa shape index (κ2) is 9.55. The van der Waals surface area contributed by atoms with Gasteiger partial charge in [-0.2, -0.15) is 0 Å². The average molecular weight is 485 g/mol. The van der Waals surface area contributed by atoms with E-state index in [-0.39, 0.29) is 29.4 Å². The number of hydrogen-bond acceptors (Lipinski definition) is 4. The van der Waals surface area contributed by atoms with Crippen molar-refractivity contribution in [3.63, 3.8) is 0 Å². The molecule has 0 aliphatic carbocycles. The first-order chi connectivity index (χ1) is 12.0. The summed E-state index contributed by atoms with van der Waals surface area (Å²) in [5.41, 5.74) is 7.70. The summed E-state index contributed by atoms with van der Waals surface area (Å²) in [4.78, 5) is 13.6. The Kier molecular flexibility index (Phi) is 7.69. The number of nitrogens with two attached hydrogens (primary N) is 1. The molecule has 1 fully saturated rings. The summed E-state index contributed by atoms with van der Waals surface area (Å²) in [5, 5.41) is 3.12. The quantitative estimate of drug-likeness (QED) is 0.401. The smallest absolute Gasteiger partial charge is 0.191 e. The van der Waals surface area contributed by atoms with Crippen LogP contribution in [-0.2, 0) is 6.42 Å². The number of anilines is 1. The van der Waals surface area contributed by atoms with Crippen LogP contribution in [-0.4, -0.2) is 48.6 Å². The highest BCUT2D eigenvalue weighted by molar-refractivity contribution is 14.0. The SMILES string of the molecule is CC(C)(CN=C(N)N1CCN(c2nccs2)CC1)Cc1ccccc1.I. The highest BCUT2D eigenvalue weighted by Gasteiger charge is 2.22. The van der Waals surface area contributed by atoms with E-state index in [0.717, 1.165) is 44.3 Å². The number of halogens is 1. The van der Waals surface area contributed by atoms with E-state index in [1.165, 1.54) is 5.56 Å². The zero-order valence-electron chi connectivity index (χ0n) is 15.5. The third-order valence-corrected chi connectivity index (χ3v) is 5.32. The fourth-order valence-corrected chi connectivity index (χ4v) is 3.80. The minimum Gasteiger partial charge on any atom is -0.370 e. The summed E-state index contributed by atoms with van der Waals surface area (Å²) in [5.74, 6) is 0.667. The minimum atomic E-state index is 0. The van der Waals surface area contributed by atoms with Gasteiger partial charge in [-0.05, 0) is 17.4 Å². The summed E-state index contributed by atoms with van der Waals surface area (Å²) in [6.07, 6.45) is 2.86. The molecule has 2 aromatic rings. The number of piperazine rings is 1. The Balaban J connectivity index is 0.00000243. The van der Waals surface area contributed by atoms with E-state index in [1.807, 2.05) is 11.6 Å². The number of rotatable bonds is 5. The molecule has 0 atom stereocenters. The van der Waals surface area contributed by atoms with Gasteiger partial charge in [-0.1, -0.05) is 44.2 Å². The van der Waals surface area contributed by atoms with Gasteiger partial charge in [-0.15, -0.1) is 35.3 Å². The third kappa shape index (κ3) is 5.84. The molecule has 1 aromatic carbocycles. The number of aromatic nitrogens is 1. The lowest BCUT2D eigenvalue weighted by atomic mass is 9.86. The van der Waals surface area contributed by atoms with Crippen molar-refractivity contribution in [1.29, 1.82) is 0 Å². The lowest BCUT2D eigenvalue weighted by Crippen LogP contribution is -2.51. The first kappa shape index (κ1) is 21.0. The summed E-state index contributed by atoms with van der Waals surface area (Å²) in [7, 11) is 0. The largest absolute Gasteiger partial charge is 0.370 e. The van der Waals surface area contributed by atoms with Crippen molar-refractivity contribution in [3.05, 3.63) is 47.5 Å². The first-order valence-electron chi connectivity index (χ1n) is 8.77. The van der Waals surface area contributed by atoms with Gasteiger partial charge in [0.1, 0.15) is 0 Å². The fourth-order valence-electron chi connectivity index (χ4n) is 3.10. The summed E-state index contributed by atoms with van der Waals surface area (Å²) >= 11 is 1.69. The van der Waals surface area contributed by atoms with E-state index in [2.05, 4.69) is 59.0 Å². The molecule has 2 N–H and O–H groups in total. The lowest BCUT2D eigenvalue weighted by Gasteiger charge is -2.35. The fraction of sp³-hybridized carbons (Fsp3) is 0.474. The Morgan fingerprint density at radius 1 is 1.19 bits per heavy atom. The van der Waals surface area contributed by atoms with E-state index in [9.17, 15) is 0 Å². The number of guanidine groups is 1. The maximum absolute atomic E-state index is 6.26. The number of thiazole rings is 1. The normalized spacial score (nSPS) is 15.7. The minimum absolute atomic E-state index is 0. The summed E-state index contributed by atoms with van der Waals surface area (Å²) < 4.78 is 0. The molecule has 5 nitrogen and oxygen atoms in total. The maximum Gasteiger partial charge on any atom is 0.191 e. The number of aliphatic imine (C=N–C) groups is 1. The molecule has 1 saturated heterocycles. The highest BCUT2D eigenvalue weighted by Crippen LogP contribution is 2.22. The van der Waals surface area contributed by atoms with Crippen molar-refractivity contribution >= 4 is 46.4 Å². The Morgan fingerprint density at radius 3 is 2.50 bits per heavy atom. The number of benzene rings is 1. The molecule has 0 bridgehead atoms. The van der Waals surface area contributed by atoms with Crippen LogP contribution in [0.25, 0.3) is 0 Å². The predicted octanol–water partition coefficient (Wildman–Crippen LogP) is 3.47. The van der Waals surface area contributed by atoms with Crippen LogP contribution in [0.4, 0.5) is 5.13 Å². The molecule has 142 valence electrons. The molecule has 0 saturated carbocycles. The Morgan fingerprint density at radius 2 is 1.88 bits per heavy atom. The van der Waals surface area contributed by atoms with Crippen LogP contribution in [0.3, 0.4) is 0 Å². The van der Waals surface area contributed by atoms with Crippen LogP contribution in [0.5, 0.6) is 0 Å². The molecule has 0 spiro atoms. The van der Waals surface area contributed by atoms with E-state index < -0.39 is 0 Å². The van der Waals surface area contributed by atoms with Crippen molar-refractivity contribution in [3.8, 4) is 0 Å². The van der Waals surface area contributed by atoms with Crippen molar-refractivity contribution in [2.45, 2.75) is 20.3 Å². The molecule has 1 aliphatic rings. The van der Waals surface area contributed by atoms with Crippen molar-refractivity contribution in [2.24, 2.45) is 16.1 Å². The Labute approximate surface area is 177 Å². The van der Waals surface area contributed by atoms with Gasteiger partial charge in [0.15, 0.2) is 11.1 Å². The molecule has 2 heterocycles. The lowest BCUT2D eigenvalue weighted by molar-refractivity contribution is 0.359. The molecule has 26 heavy (non-hydrogen) atoms. The molecule has 1 aliphatic heterocycles. The van der Waals surface area contributed by atoms with Gasteiger partial charge in [-0.25, -0.2) is 4.98 Å². The van der Waals surface area contributed by atoms with Crippen LogP contribution < -0.4 is 10.6 Å².